The van der Waals surface area contributed by atoms with Crippen LogP contribution in [0, 0.1) is 23.2 Å². The molecule has 4 nitrogen and oxygen atoms in total. The van der Waals surface area contributed by atoms with Gasteiger partial charge in [-0.15, -0.1) is 0 Å². The number of rotatable bonds is 7. The Morgan fingerprint density at radius 1 is 1.15 bits per heavy atom. The quantitative estimate of drug-likeness (QED) is 0.732. The zero-order chi connectivity index (χ0) is 19.0. The maximum Gasteiger partial charge on any atom is 0.252 e. The lowest BCUT2D eigenvalue weighted by Crippen LogP contribution is -2.51. The highest BCUT2D eigenvalue weighted by Crippen LogP contribution is 2.59. The molecule has 4 bridgehead atoms. The summed E-state index contributed by atoms with van der Waals surface area (Å²) in [7, 11) is 4.08. The van der Waals surface area contributed by atoms with E-state index in [2.05, 4.69) is 15.5 Å². The fraction of sp³-hybridized carbons (Fsp3) is 0.682. The third kappa shape index (κ3) is 4.12. The number of anilines is 1. The van der Waals surface area contributed by atoms with Gasteiger partial charge < -0.3 is 15.5 Å². The first-order valence-electron chi connectivity index (χ1n) is 10.4. The van der Waals surface area contributed by atoms with Gasteiger partial charge in [-0.3, -0.25) is 4.79 Å². The molecule has 4 fully saturated rings. The molecule has 5 heteroatoms. The van der Waals surface area contributed by atoms with Gasteiger partial charge in [0.1, 0.15) is 0 Å². The lowest BCUT2D eigenvalue weighted by Gasteiger charge is -2.56. The number of likely N-dealkylation sites (N-methyl/N-ethyl adjacent to an activating group) is 1. The van der Waals surface area contributed by atoms with Gasteiger partial charge in [-0.1, -0.05) is 17.7 Å². The van der Waals surface area contributed by atoms with Crippen LogP contribution in [0.2, 0.25) is 5.02 Å². The van der Waals surface area contributed by atoms with Crippen LogP contribution < -0.4 is 10.6 Å². The smallest absolute Gasteiger partial charge is 0.252 e. The molecular formula is C22H32ClN3O. The molecule has 4 aliphatic carbocycles. The number of amides is 1. The SMILES string of the molecule is CN(C)CCNc1cccc(C(=O)NCC23CC4CC(CC(C4)C2)C3)c1Cl. The van der Waals surface area contributed by atoms with Gasteiger partial charge in [-0.2, -0.15) is 0 Å². The monoisotopic (exact) mass is 389 g/mol. The van der Waals surface area contributed by atoms with Crippen LogP contribution in [0.5, 0.6) is 0 Å². The van der Waals surface area contributed by atoms with Crippen molar-refractivity contribution in [3.8, 4) is 0 Å². The average molecular weight is 390 g/mol. The van der Waals surface area contributed by atoms with Crippen molar-refractivity contribution >= 4 is 23.2 Å². The van der Waals surface area contributed by atoms with Crippen molar-refractivity contribution in [2.45, 2.75) is 38.5 Å². The van der Waals surface area contributed by atoms with Crippen molar-refractivity contribution < 1.29 is 4.79 Å². The van der Waals surface area contributed by atoms with Crippen LogP contribution in [-0.4, -0.2) is 44.5 Å². The zero-order valence-corrected chi connectivity index (χ0v) is 17.3. The first-order chi connectivity index (χ1) is 12.9. The van der Waals surface area contributed by atoms with E-state index in [1.807, 2.05) is 32.3 Å². The first kappa shape index (κ1) is 19.1. The summed E-state index contributed by atoms with van der Waals surface area (Å²) >= 11 is 6.54. The van der Waals surface area contributed by atoms with Gasteiger partial charge >= 0.3 is 0 Å². The number of carbonyl (C=O) groups excluding carboxylic acids is 1. The molecule has 4 saturated carbocycles. The Kier molecular flexibility index (Phi) is 5.39. The molecule has 0 unspecified atom stereocenters. The van der Waals surface area contributed by atoms with E-state index >= 15 is 0 Å². The highest BCUT2D eigenvalue weighted by Gasteiger charge is 2.50. The largest absolute Gasteiger partial charge is 0.383 e. The Labute approximate surface area is 168 Å². The third-order valence-corrected chi connectivity index (χ3v) is 7.31. The molecule has 0 aromatic heterocycles. The summed E-state index contributed by atoms with van der Waals surface area (Å²) in [6.07, 6.45) is 8.20. The number of nitrogens with one attached hydrogen (secondary N) is 2. The van der Waals surface area contributed by atoms with Crippen LogP contribution in [0.3, 0.4) is 0 Å². The second kappa shape index (κ2) is 7.63. The lowest BCUT2D eigenvalue weighted by molar-refractivity contribution is -0.0503. The van der Waals surface area contributed by atoms with Crippen LogP contribution in [0.4, 0.5) is 5.69 Å². The van der Waals surface area contributed by atoms with Crippen molar-refractivity contribution in [3.05, 3.63) is 28.8 Å². The lowest BCUT2D eigenvalue weighted by atomic mass is 9.49. The van der Waals surface area contributed by atoms with Gasteiger partial charge in [0, 0.05) is 19.6 Å². The molecule has 1 amide bonds. The normalized spacial score (nSPS) is 31.3. The summed E-state index contributed by atoms with van der Waals surface area (Å²) in [5.74, 6) is 2.68. The van der Waals surface area contributed by atoms with Crippen LogP contribution >= 0.6 is 11.6 Å². The Bertz CT molecular complexity index is 668. The zero-order valence-electron chi connectivity index (χ0n) is 16.6. The topological polar surface area (TPSA) is 44.4 Å². The van der Waals surface area contributed by atoms with Crippen LogP contribution in [0.25, 0.3) is 0 Å². The molecule has 5 rings (SSSR count). The molecule has 4 aliphatic rings. The predicted octanol–water partition coefficient (Wildman–Crippen LogP) is 4.26. The number of carbonyl (C=O) groups is 1. The second-order valence-electron chi connectivity index (χ2n) is 9.50. The molecule has 27 heavy (non-hydrogen) atoms. The number of hydrogen-bond acceptors (Lipinski definition) is 3. The van der Waals surface area contributed by atoms with E-state index in [0.29, 0.717) is 16.0 Å². The van der Waals surface area contributed by atoms with Crippen LogP contribution in [-0.2, 0) is 0 Å². The highest BCUT2D eigenvalue weighted by atomic mass is 35.5. The fourth-order valence-electron chi connectivity index (χ4n) is 6.13. The van der Waals surface area contributed by atoms with Crippen molar-refractivity contribution in [2.75, 3.05) is 39.0 Å². The van der Waals surface area contributed by atoms with Crippen molar-refractivity contribution in [2.24, 2.45) is 23.2 Å². The molecule has 0 atom stereocenters. The maximum absolute atomic E-state index is 12.9. The molecule has 1 aromatic carbocycles. The minimum absolute atomic E-state index is 0.0352. The van der Waals surface area contributed by atoms with E-state index < -0.39 is 0 Å². The van der Waals surface area contributed by atoms with E-state index in [1.54, 1.807) is 0 Å². The summed E-state index contributed by atoms with van der Waals surface area (Å²) in [6.45, 7) is 2.52. The van der Waals surface area contributed by atoms with E-state index in [-0.39, 0.29) is 5.91 Å². The van der Waals surface area contributed by atoms with Crippen LogP contribution in [0.1, 0.15) is 48.9 Å². The number of nitrogens with zero attached hydrogens (tertiary/aromatic N) is 1. The summed E-state index contributed by atoms with van der Waals surface area (Å²) in [5, 5.41) is 7.10. The average Bonchev–Trinajstić information content (AvgIpc) is 2.60. The molecule has 148 valence electrons. The predicted molar refractivity (Wildman–Crippen MR) is 111 cm³/mol. The number of benzene rings is 1. The maximum atomic E-state index is 12.9. The van der Waals surface area contributed by atoms with Gasteiger partial charge in [0.25, 0.3) is 5.91 Å². The van der Waals surface area contributed by atoms with E-state index in [1.165, 1.54) is 38.5 Å². The third-order valence-electron chi connectivity index (χ3n) is 6.91. The van der Waals surface area contributed by atoms with Gasteiger partial charge in [-0.25, -0.2) is 0 Å². The molecule has 0 aliphatic heterocycles. The summed E-state index contributed by atoms with van der Waals surface area (Å²) in [5.41, 5.74) is 1.76. The molecule has 2 N–H and O–H groups in total. The van der Waals surface area contributed by atoms with Crippen LogP contribution in [0.15, 0.2) is 18.2 Å². The highest BCUT2D eigenvalue weighted by molar-refractivity contribution is 6.36. The molecule has 0 saturated heterocycles. The van der Waals surface area contributed by atoms with Gasteiger partial charge in [0.15, 0.2) is 0 Å². The van der Waals surface area contributed by atoms with Gasteiger partial charge in [-0.05, 0) is 87.9 Å². The Morgan fingerprint density at radius 3 is 2.37 bits per heavy atom. The van der Waals surface area contributed by atoms with E-state index in [4.69, 9.17) is 11.6 Å². The minimum atomic E-state index is -0.0352. The molecule has 1 aromatic rings. The van der Waals surface area contributed by atoms with Gasteiger partial charge in [0.2, 0.25) is 0 Å². The van der Waals surface area contributed by atoms with Crippen molar-refractivity contribution in [1.29, 1.82) is 0 Å². The molecular weight excluding hydrogens is 358 g/mol. The Morgan fingerprint density at radius 2 is 1.78 bits per heavy atom. The van der Waals surface area contributed by atoms with E-state index in [0.717, 1.165) is 43.1 Å². The number of halogens is 1. The summed E-state index contributed by atoms with van der Waals surface area (Å²) in [6, 6.07) is 5.67. The fourth-order valence-corrected chi connectivity index (χ4v) is 6.41. The van der Waals surface area contributed by atoms with Gasteiger partial charge in [0.05, 0.1) is 16.3 Å². The molecule has 0 heterocycles. The van der Waals surface area contributed by atoms with Crippen molar-refractivity contribution in [3.63, 3.8) is 0 Å². The van der Waals surface area contributed by atoms with Crippen molar-refractivity contribution in [1.82, 2.24) is 10.2 Å². The standard InChI is InChI=1S/C22H32ClN3O/c1-26(2)7-6-24-19-5-3-4-18(20(19)23)21(27)25-14-22-11-15-8-16(12-22)10-17(9-15)13-22/h3-5,15-17,24H,6-14H2,1-2H3,(H,25,27). The second-order valence-corrected chi connectivity index (χ2v) is 9.88. The number of hydrogen-bond donors (Lipinski definition) is 2. The first-order valence-corrected chi connectivity index (χ1v) is 10.8. The Hall–Kier alpha value is -1.26. The summed E-state index contributed by atoms with van der Waals surface area (Å²) < 4.78 is 0. The van der Waals surface area contributed by atoms with E-state index in [9.17, 15) is 4.79 Å². The summed E-state index contributed by atoms with van der Waals surface area (Å²) in [4.78, 5) is 15.0. The molecule has 0 radical (unpaired) electrons. The minimum Gasteiger partial charge on any atom is -0.383 e. The Balaban J connectivity index is 1.38. The molecule has 0 spiro atoms.